The van der Waals surface area contributed by atoms with Crippen LogP contribution < -0.4 is 5.73 Å². The molecule has 0 aliphatic rings. The van der Waals surface area contributed by atoms with Crippen molar-refractivity contribution in [2.75, 3.05) is 5.73 Å². The van der Waals surface area contributed by atoms with Crippen LogP contribution in [-0.4, -0.2) is 9.19 Å². The summed E-state index contributed by atoms with van der Waals surface area (Å²) in [6.07, 6.45) is 0. The Labute approximate surface area is 103 Å². The largest absolute Gasteiger partial charge is 0.396 e. The van der Waals surface area contributed by atoms with Crippen LogP contribution in [0, 0.1) is 0 Å². The molecule has 0 aromatic carbocycles. The van der Waals surface area contributed by atoms with Crippen molar-refractivity contribution >= 4 is 70.6 Å². The number of aromatic nitrogens is 1. The lowest BCUT2D eigenvalue weighted by Gasteiger charge is -2.04. The van der Waals surface area contributed by atoms with Crippen molar-refractivity contribution in [3.63, 3.8) is 0 Å². The molecule has 1 aromatic heterocycles. The lowest BCUT2D eigenvalue weighted by Crippen LogP contribution is -1.92. The third-order valence-electron chi connectivity index (χ3n) is 1.19. The van der Waals surface area contributed by atoms with E-state index in [2.05, 4.69) is 57.1 Å². The van der Waals surface area contributed by atoms with Gasteiger partial charge < -0.3 is 5.73 Å². The average Bonchev–Trinajstić information content (AvgIpc) is 2.09. The molecule has 1 heterocycles. The first-order chi connectivity index (χ1) is 6.07. The van der Waals surface area contributed by atoms with Crippen molar-refractivity contribution in [2.24, 2.45) is 4.36 Å². The summed E-state index contributed by atoms with van der Waals surface area (Å²) in [7, 11) is 0. The molecule has 0 radical (unpaired) electrons. The Hall–Kier alpha value is 0.210. The zero-order valence-corrected chi connectivity index (χ0v) is 11.5. The Bertz CT molecular complexity index is 405. The smallest absolute Gasteiger partial charge is 0.205 e. The minimum absolute atomic E-state index is 0.0865. The summed E-state index contributed by atoms with van der Waals surface area (Å²) in [5.74, 6) is 0. The molecule has 0 bridgehead atoms. The molecule has 0 atom stereocenters. The predicted molar refractivity (Wildman–Crippen MR) is 62.0 cm³/mol. The molecule has 0 saturated carbocycles. The van der Waals surface area contributed by atoms with Gasteiger partial charge in [0.2, 0.25) is 11.5 Å². The van der Waals surface area contributed by atoms with E-state index in [1.807, 2.05) is 0 Å². The molecular formula is C5H2Br3N3OS. The van der Waals surface area contributed by atoms with Gasteiger partial charge in [0.25, 0.3) is 0 Å². The van der Waals surface area contributed by atoms with E-state index in [1.165, 1.54) is 0 Å². The minimum atomic E-state index is 0.0865. The number of nitrogen functional groups attached to an aromatic ring is 1. The maximum absolute atomic E-state index is 10.2. The fourth-order valence-electron chi connectivity index (χ4n) is 0.639. The minimum Gasteiger partial charge on any atom is -0.396 e. The van der Waals surface area contributed by atoms with Gasteiger partial charge in [0.1, 0.15) is 14.9 Å². The van der Waals surface area contributed by atoms with Crippen molar-refractivity contribution in [2.45, 2.75) is 0 Å². The van der Waals surface area contributed by atoms with Crippen molar-refractivity contribution in [3.05, 3.63) is 13.7 Å². The molecule has 70 valence electrons. The van der Waals surface area contributed by atoms with Gasteiger partial charge in [0.05, 0.1) is 10.2 Å². The van der Waals surface area contributed by atoms with E-state index in [0.29, 0.717) is 25.1 Å². The van der Waals surface area contributed by atoms with E-state index in [0.717, 1.165) is 0 Å². The number of pyridine rings is 1. The van der Waals surface area contributed by atoms with E-state index >= 15 is 0 Å². The fourth-order valence-corrected chi connectivity index (χ4v) is 2.40. The van der Waals surface area contributed by atoms with Crippen LogP contribution in [0.2, 0.25) is 0 Å². The zero-order chi connectivity index (χ0) is 10.0. The molecule has 13 heavy (non-hydrogen) atoms. The maximum Gasteiger partial charge on any atom is 0.205 e. The highest BCUT2D eigenvalue weighted by Gasteiger charge is 2.12. The highest BCUT2D eigenvalue weighted by atomic mass is 79.9. The lowest BCUT2D eigenvalue weighted by atomic mass is 10.4. The first-order valence-corrected chi connectivity index (χ1v) is 5.95. The van der Waals surface area contributed by atoms with Gasteiger partial charge in [-0.15, -0.1) is 0 Å². The molecule has 0 saturated heterocycles. The second-order valence-corrected chi connectivity index (χ2v) is 4.56. The predicted octanol–water partition coefficient (Wildman–Crippen LogP) is 2.98. The SMILES string of the molecule is Nc1c(Br)c(Br)nc(Br)c1N=S=O. The van der Waals surface area contributed by atoms with Crippen LogP contribution in [0.3, 0.4) is 0 Å². The van der Waals surface area contributed by atoms with Gasteiger partial charge in [-0.2, -0.15) is 8.57 Å². The van der Waals surface area contributed by atoms with Crippen LogP contribution in [0.5, 0.6) is 0 Å². The summed E-state index contributed by atoms with van der Waals surface area (Å²) in [5.41, 5.74) is 6.39. The number of nitrogens with zero attached hydrogens (tertiary/aromatic N) is 2. The van der Waals surface area contributed by atoms with Crippen molar-refractivity contribution < 1.29 is 4.21 Å². The van der Waals surface area contributed by atoms with Crippen molar-refractivity contribution in [3.8, 4) is 0 Å². The molecule has 2 N–H and O–H groups in total. The van der Waals surface area contributed by atoms with E-state index in [-0.39, 0.29) is 11.5 Å². The van der Waals surface area contributed by atoms with E-state index < -0.39 is 0 Å². The van der Waals surface area contributed by atoms with Crippen molar-refractivity contribution in [1.82, 2.24) is 4.98 Å². The van der Waals surface area contributed by atoms with Crippen molar-refractivity contribution in [1.29, 1.82) is 0 Å². The molecule has 1 aromatic rings. The molecule has 8 heteroatoms. The van der Waals surface area contributed by atoms with Crippen LogP contribution in [0.25, 0.3) is 0 Å². The molecule has 0 unspecified atom stereocenters. The van der Waals surface area contributed by atoms with Gasteiger partial charge in [-0.05, 0) is 47.8 Å². The maximum atomic E-state index is 10.2. The fraction of sp³-hybridized carbons (Fsp3) is 0. The van der Waals surface area contributed by atoms with Gasteiger partial charge in [-0.1, -0.05) is 0 Å². The molecular weight excluding hydrogens is 390 g/mol. The third-order valence-corrected chi connectivity index (χ3v) is 3.91. The van der Waals surface area contributed by atoms with Crippen LogP contribution in [0.4, 0.5) is 11.4 Å². The zero-order valence-electron chi connectivity index (χ0n) is 5.92. The first-order valence-electron chi connectivity index (χ1n) is 2.88. The Kier molecular flexibility index (Phi) is 4.02. The van der Waals surface area contributed by atoms with Gasteiger partial charge in [-0.3, -0.25) is 0 Å². The molecule has 0 aliphatic carbocycles. The van der Waals surface area contributed by atoms with Gasteiger partial charge in [0, 0.05) is 0 Å². The highest BCUT2D eigenvalue weighted by Crippen LogP contribution is 2.39. The summed E-state index contributed by atoms with van der Waals surface area (Å²) in [6.45, 7) is 0. The molecule has 0 aliphatic heterocycles. The number of hydrogen-bond donors (Lipinski definition) is 1. The number of nitrogens with two attached hydrogens (primary N) is 1. The number of halogens is 3. The first kappa shape index (κ1) is 11.3. The van der Waals surface area contributed by atoms with E-state index in [9.17, 15) is 4.21 Å². The quantitative estimate of drug-likeness (QED) is 0.748. The summed E-state index contributed by atoms with van der Waals surface area (Å²) >= 11 is 9.63. The molecule has 1 rings (SSSR count). The number of anilines is 1. The molecule has 0 amide bonds. The molecule has 0 fully saturated rings. The number of hydrogen-bond acceptors (Lipinski definition) is 4. The lowest BCUT2D eigenvalue weighted by molar-refractivity contribution is 0.698. The average molecular weight is 392 g/mol. The monoisotopic (exact) mass is 389 g/mol. The normalized spacial score (nSPS) is 9.77. The summed E-state index contributed by atoms with van der Waals surface area (Å²) < 4.78 is 15.4. The summed E-state index contributed by atoms with van der Waals surface area (Å²) in [4.78, 5) is 4.01. The number of rotatable bonds is 1. The van der Waals surface area contributed by atoms with Crippen LogP contribution in [0.1, 0.15) is 0 Å². The Balaban J connectivity index is 3.52. The summed E-state index contributed by atoms with van der Waals surface area (Å²) in [6, 6.07) is 0. The van der Waals surface area contributed by atoms with Crippen LogP contribution in [0.15, 0.2) is 18.0 Å². The topological polar surface area (TPSA) is 68.3 Å². The Morgan fingerprint density at radius 2 is 1.92 bits per heavy atom. The second-order valence-electron chi connectivity index (χ2n) is 1.94. The second kappa shape index (κ2) is 4.63. The molecule has 0 spiro atoms. The van der Waals surface area contributed by atoms with E-state index in [4.69, 9.17) is 5.73 Å². The van der Waals surface area contributed by atoms with Gasteiger partial charge >= 0.3 is 0 Å². The summed E-state index contributed by atoms with van der Waals surface area (Å²) in [5, 5.41) is 0. The Morgan fingerprint density at radius 3 is 2.46 bits per heavy atom. The third kappa shape index (κ3) is 2.36. The van der Waals surface area contributed by atoms with Crippen LogP contribution in [-0.2, 0) is 11.5 Å². The Morgan fingerprint density at radius 1 is 1.31 bits per heavy atom. The standard InChI is InChI=1S/C5H2Br3N3OS/c6-1-2(9)3(11-13-12)5(8)10-4(1)7/h(H2,9,10). The van der Waals surface area contributed by atoms with E-state index in [1.54, 1.807) is 0 Å². The highest BCUT2D eigenvalue weighted by molar-refractivity contribution is 9.13. The van der Waals surface area contributed by atoms with Gasteiger partial charge in [-0.25, -0.2) is 4.98 Å². The van der Waals surface area contributed by atoms with Crippen LogP contribution >= 0.6 is 47.8 Å². The van der Waals surface area contributed by atoms with Gasteiger partial charge in [0.15, 0.2) is 0 Å². The molecule has 4 nitrogen and oxygen atoms in total.